The quantitative estimate of drug-likeness (QED) is 0.0797. The van der Waals surface area contributed by atoms with E-state index in [-0.39, 0.29) is 27.1 Å². The van der Waals surface area contributed by atoms with Crippen molar-refractivity contribution in [3.63, 3.8) is 0 Å². The van der Waals surface area contributed by atoms with Gasteiger partial charge in [-0.15, -0.1) is 0 Å². The van der Waals surface area contributed by atoms with Crippen molar-refractivity contribution >= 4 is 0 Å². The molecule has 13 heteroatoms. The molecule has 2 saturated carbocycles. The summed E-state index contributed by atoms with van der Waals surface area (Å²) in [5, 5.41) is 0. The van der Waals surface area contributed by atoms with E-state index in [1.54, 1.807) is 36.2 Å². The van der Waals surface area contributed by atoms with Crippen LogP contribution in [-0.4, -0.2) is 64.8 Å². The topological polar surface area (TPSA) is 168 Å². The van der Waals surface area contributed by atoms with Crippen LogP contribution in [0.2, 0.25) is 0 Å². The molecular weight excluding hydrogens is 1800 g/mol. The zero-order valence-corrected chi connectivity index (χ0v) is 88.7. The lowest BCUT2D eigenvalue weighted by Gasteiger charge is -2.27. The van der Waals surface area contributed by atoms with Crippen molar-refractivity contribution in [2.75, 3.05) is 0 Å². The van der Waals surface area contributed by atoms with E-state index in [9.17, 15) is 0 Å². The minimum Gasteiger partial charge on any atom is -0.261 e. The van der Waals surface area contributed by atoms with Crippen LogP contribution in [0.3, 0.4) is 0 Å². The third-order valence-electron chi connectivity index (χ3n) is 28.9. The Morgan fingerprint density at radius 1 is 0.196 bits per heavy atom. The number of benzene rings is 13. The van der Waals surface area contributed by atoms with Crippen molar-refractivity contribution in [1.82, 2.24) is 64.8 Å². The molecule has 0 bridgehead atoms. The molecule has 19 aromatic rings. The Balaban J connectivity index is 0.000000141. The summed E-state index contributed by atoms with van der Waals surface area (Å²) in [6.45, 7) is 38.4. The molecule has 2 aliphatic rings. The molecule has 738 valence electrons. The Kier molecular flexibility index (Phi) is 29.7. The molecule has 0 saturated heterocycles. The molecule has 6 aromatic heterocycles. The maximum Gasteiger partial charge on any atom is 0.164 e. The van der Waals surface area contributed by atoms with E-state index in [2.05, 4.69) is 334 Å². The first-order valence-corrected chi connectivity index (χ1v) is 52.5. The van der Waals surface area contributed by atoms with Crippen LogP contribution in [0.4, 0.5) is 0 Å². The Labute approximate surface area is 875 Å². The molecule has 0 radical (unpaired) electrons. The molecule has 148 heavy (non-hydrogen) atoms. The highest BCUT2D eigenvalue weighted by atomic mass is 15.0. The van der Waals surface area contributed by atoms with Crippen LogP contribution in [0.15, 0.2) is 365 Å². The number of hydrogen-bond donors (Lipinski definition) is 0. The van der Waals surface area contributed by atoms with E-state index in [1.165, 1.54) is 114 Å². The molecule has 13 nitrogen and oxygen atoms in total. The number of aryl methyl sites for hydroxylation is 2. The van der Waals surface area contributed by atoms with Crippen molar-refractivity contribution < 1.29 is 0 Å². The van der Waals surface area contributed by atoms with Crippen LogP contribution in [0, 0.1) is 13.8 Å². The summed E-state index contributed by atoms with van der Waals surface area (Å²) in [7, 11) is 0. The molecule has 0 aliphatic heterocycles. The summed E-state index contributed by atoms with van der Waals surface area (Å²) >= 11 is 0. The number of pyridine rings is 1. The predicted octanol–water partition coefficient (Wildman–Crippen LogP) is 35.1. The summed E-state index contributed by atoms with van der Waals surface area (Å²) in [5.74, 6) is 5.12. The van der Waals surface area contributed by atoms with Gasteiger partial charge >= 0.3 is 0 Å². The van der Waals surface area contributed by atoms with Gasteiger partial charge in [0.25, 0.3) is 0 Å². The van der Waals surface area contributed by atoms with E-state index in [0.717, 1.165) is 134 Å². The van der Waals surface area contributed by atoms with Crippen molar-refractivity contribution in [2.24, 2.45) is 0 Å². The van der Waals surface area contributed by atoms with Gasteiger partial charge in [-0.1, -0.05) is 397 Å². The molecule has 6 heterocycles. The number of aromatic nitrogens is 13. The van der Waals surface area contributed by atoms with Crippen LogP contribution in [0.5, 0.6) is 0 Å². The zero-order chi connectivity index (χ0) is 103. The predicted molar refractivity (Wildman–Crippen MR) is 612 cm³/mol. The average molecular weight is 1940 g/mol. The molecule has 21 rings (SSSR count). The van der Waals surface area contributed by atoms with E-state index in [4.69, 9.17) is 34.9 Å². The molecular formula is C135H133N13. The lowest BCUT2D eigenvalue weighted by molar-refractivity contribution is 0.435. The monoisotopic (exact) mass is 1940 g/mol. The van der Waals surface area contributed by atoms with E-state index in [1.807, 2.05) is 154 Å². The van der Waals surface area contributed by atoms with Crippen LogP contribution >= 0.6 is 0 Å². The lowest BCUT2D eigenvalue weighted by Crippen LogP contribution is -2.16. The lowest BCUT2D eigenvalue weighted by atomic mass is 9.78. The van der Waals surface area contributed by atoms with Crippen LogP contribution in [-0.2, 0) is 27.1 Å². The van der Waals surface area contributed by atoms with Gasteiger partial charge in [0.05, 0.1) is 23.3 Å². The highest BCUT2D eigenvalue weighted by Gasteiger charge is 2.30. The van der Waals surface area contributed by atoms with Gasteiger partial charge in [-0.2, -0.15) is 0 Å². The van der Waals surface area contributed by atoms with E-state index < -0.39 is 0 Å². The maximum absolute atomic E-state index is 5.32. The molecule has 0 unspecified atom stereocenters. The van der Waals surface area contributed by atoms with Crippen LogP contribution < -0.4 is 0 Å². The smallest absolute Gasteiger partial charge is 0.164 e. The van der Waals surface area contributed by atoms with Crippen LogP contribution in [0.1, 0.15) is 230 Å². The average Bonchev–Trinajstić information content (AvgIpc) is 0.780. The van der Waals surface area contributed by atoms with Gasteiger partial charge in [-0.3, -0.25) is 9.97 Å². The van der Waals surface area contributed by atoms with Crippen molar-refractivity contribution in [3.05, 3.63) is 415 Å². The zero-order valence-electron chi connectivity index (χ0n) is 88.7. The minimum atomic E-state index is -0.0136. The van der Waals surface area contributed by atoms with Gasteiger partial charge in [0.15, 0.2) is 34.9 Å². The molecule has 0 spiro atoms. The standard InChI is InChI=1S/C55H55N3.C41H41N5.C39H37N5/c1-55(2,3)51-33-48(32-49(34-51)47-30-45(38-15-7-4-8-16-38)29-46(31-47)39-17-9-5-10-18-39)41-21-13-23-43(27-41)53-36-50(35-52(58-53)40-19-11-6-12-20-40)42-22-14-24-44(28-42)54-37-56-25-26-57-54;1-26-36(27(2)43-25-42-26)32-19-30(31-22-34(40(3,4)5)24-35(23-31)41(6,7)8)20-33(21-32)39-45-37(28-15-11-9-12-16-28)44-38(46-39)29-17-13-10-14-18-29;1-38(2,3)33-20-30(21-34(22-33)39(4,5)6)28-17-29(32-23-40-25-41-24-32)19-31(18-28)37-43-35(26-13-9-7-10-14-26)42-36(44-37)27-15-11-8-12-16-27/h6,11-14,19-39H,4-5,7-10,15-18H2,1-3H3;9-25H,1-8H3;7-25H,1-6H3. The maximum atomic E-state index is 5.32. The first kappa shape index (κ1) is 101. The number of rotatable bonds is 18. The van der Waals surface area contributed by atoms with E-state index in [0.29, 0.717) is 46.8 Å². The third-order valence-corrected chi connectivity index (χ3v) is 28.9. The molecule has 0 amide bonds. The number of nitrogens with zero attached hydrogens (tertiary/aromatic N) is 13. The van der Waals surface area contributed by atoms with Gasteiger partial charge in [0.1, 0.15) is 12.7 Å². The van der Waals surface area contributed by atoms with Gasteiger partial charge in [0.2, 0.25) is 0 Å². The fourth-order valence-electron chi connectivity index (χ4n) is 20.2. The molecule has 2 fully saturated rings. The Morgan fingerprint density at radius 2 is 0.480 bits per heavy atom. The van der Waals surface area contributed by atoms with Crippen molar-refractivity contribution in [2.45, 2.75) is 221 Å². The Hall–Kier alpha value is -15.7. The Bertz CT molecular complexity index is 7660. The normalized spacial score (nSPS) is 13.2. The highest BCUT2D eigenvalue weighted by Crippen LogP contribution is 2.47. The fourth-order valence-corrected chi connectivity index (χ4v) is 20.2. The van der Waals surface area contributed by atoms with Gasteiger partial charge in [-0.25, -0.2) is 54.8 Å². The second-order valence-corrected chi connectivity index (χ2v) is 45.2. The fraction of sp³-hybridized carbons (Fsp3) is 0.252. The van der Waals surface area contributed by atoms with Gasteiger partial charge in [0, 0.05) is 97.4 Å². The largest absolute Gasteiger partial charge is 0.261 e. The SMILES string of the molecule is CC(C)(C)c1cc(-c2cc(-c3cncnc3)cc(-c3nc(-c4ccccc4)nc(-c4ccccc4)n3)c2)cc(C(C)(C)C)c1.CC(C)(C)c1cc(-c2cccc(-c3cc(-c4cccc(-c5cnccn5)c4)cc(-c4ccccc4)n3)c2)cc(-c2cc(C3CCCCC3)cc(C3CCCCC3)c2)c1.Cc1ncnc(C)c1-c1cc(-c2cc(C(C)(C)C)cc(C(C)(C)C)c2)cc(-c2nc(-c3ccccc3)nc(-c3ccccc3)n2)c1. The van der Waals surface area contributed by atoms with Gasteiger partial charge < -0.3 is 0 Å². The van der Waals surface area contributed by atoms with Gasteiger partial charge in [-0.05, 0) is 251 Å². The summed E-state index contributed by atoms with van der Waals surface area (Å²) < 4.78 is 0. The van der Waals surface area contributed by atoms with E-state index >= 15 is 0 Å². The third kappa shape index (κ3) is 24.1. The summed E-state index contributed by atoms with van der Waals surface area (Å²) in [6, 6.07) is 115. The highest BCUT2D eigenvalue weighted by molar-refractivity contribution is 5.87. The minimum absolute atomic E-state index is 0.00408. The van der Waals surface area contributed by atoms with Crippen molar-refractivity contribution in [1.29, 1.82) is 0 Å². The first-order valence-electron chi connectivity index (χ1n) is 52.5. The first-order chi connectivity index (χ1) is 71.2. The van der Waals surface area contributed by atoms with Crippen molar-refractivity contribution in [3.8, 4) is 180 Å². The summed E-state index contributed by atoms with van der Waals surface area (Å²) in [5.41, 5.74) is 39.0. The molecule has 2 aliphatic carbocycles. The molecule has 0 N–H and O–H groups in total. The number of hydrogen-bond acceptors (Lipinski definition) is 13. The molecule has 13 aromatic carbocycles. The van der Waals surface area contributed by atoms with Crippen LogP contribution in [0.25, 0.3) is 180 Å². The second kappa shape index (κ2) is 43.5. The second-order valence-electron chi connectivity index (χ2n) is 45.2. The summed E-state index contributed by atoms with van der Waals surface area (Å²) in [6.07, 6.45) is 25.6. The summed E-state index contributed by atoms with van der Waals surface area (Å²) in [4.78, 5) is 62.0. The molecule has 0 atom stereocenters. The Morgan fingerprint density at radius 3 is 0.858 bits per heavy atom.